The van der Waals surface area contributed by atoms with Crippen LogP contribution >= 0.6 is 0 Å². The van der Waals surface area contributed by atoms with Crippen LogP contribution < -0.4 is 5.32 Å². The number of fused-ring (bicyclic) bond motifs is 1. The Morgan fingerprint density at radius 2 is 2.16 bits per heavy atom. The van der Waals surface area contributed by atoms with Crippen LogP contribution in [0.25, 0.3) is 22.4 Å². The standard InChI is InChI=1S/C23H27N7O2/c1-5-30-15(4)18(11-24-30)21-20-17(10-19(16-6-7-16)26-23(20)32-28-21)22(31)25-14(3)12-29-9-8-13(2)27-29/h8-11,14,16H,5-7,12H2,1-4H3,(H,25,31). The van der Waals surface area contributed by atoms with E-state index in [-0.39, 0.29) is 11.9 Å². The lowest BCUT2D eigenvalue weighted by molar-refractivity contribution is 0.0937. The van der Waals surface area contributed by atoms with Crippen LogP contribution in [0.2, 0.25) is 0 Å². The smallest absolute Gasteiger partial charge is 0.259 e. The first-order chi connectivity index (χ1) is 15.4. The Bertz CT molecular complexity index is 1300. The zero-order valence-corrected chi connectivity index (χ0v) is 18.8. The zero-order chi connectivity index (χ0) is 22.4. The molecule has 1 aliphatic rings. The van der Waals surface area contributed by atoms with Crippen LogP contribution in [0.4, 0.5) is 0 Å². The van der Waals surface area contributed by atoms with Crippen LogP contribution in [0.1, 0.15) is 60.0 Å². The number of nitrogens with zero attached hydrogens (tertiary/aromatic N) is 6. The fraction of sp³-hybridized carbons (Fsp3) is 0.435. The van der Waals surface area contributed by atoms with E-state index in [4.69, 9.17) is 4.52 Å². The summed E-state index contributed by atoms with van der Waals surface area (Å²) in [6, 6.07) is 3.74. The Hall–Kier alpha value is -3.49. The molecule has 1 saturated carbocycles. The average Bonchev–Trinajstić information content (AvgIpc) is 3.26. The van der Waals surface area contributed by atoms with Crippen molar-refractivity contribution >= 4 is 17.0 Å². The van der Waals surface area contributed by atoms with Gasteiger partial charge in [0, 0.05) is 41.7 Å². The minimum atomic E-state index is -0.166. The number of hydrogen-bond acceptors (Lipinski definition) is 6. The summed E-state index contributed by atoms with van der Waals surface area (Å²) in [7, 11) is 0. The van der Waals surface area contributed by atoms with E-state index in [0.717, 1.165) is 42.0 Å². The topological polar surface area (TPSA) is 104 Å². The van der Waals surface area contributed by atoms with Gasteiger partial charge >= 0.3 is 0 Å². The lowest BCUT2D eigenvalue weighted by Gasteiger charge is -2.15. The summed E-state index contributed by atoms with van der Waals surface area (Å²) in [5, 5.41) is 16.9. The van der Waals surface area contributed by atoms with Crippen molar-refractivity contribution in [2.24, 2.45) is 0 Å². The van der Waals surface area contributed by atoms with Crippen LogP contribution in [0.3, 0.4) is 0 Å². The summed E-state index contributed by atoms with van der Waals surface area (Å²) in [5.41, 5.74) is 5.21. The molecule has 5 rings (SSSR count). The first kappa shape index (κ1) is 20.4. The van der Waals surface area contributed by atoms with Crippen LogP contribution in [0.5, 0.6) is 0 Å². The van der Waals surface area contributed by atoms with E-state index in [1.165, 1.54) is 0 Å². The highest BCUT2D eigenvalue weighted by Gasteiger charge is 2.30. The highest BCUT2D eigenvalue weighted by atomic mass is 16.5. The van der Waals surface area contributed by atoms with E-state index in [9.17, 15) is 4.79 Å². The van der Waals surface area contributed by atoms with Crippen molar-refractivity contribution in [3.05, 3.63) is 47.2 Å². The molecule has 0 aliphatic heterocycles. The van der Waals surface area contributed by atoms with E-state index in [1.54, 1.807) is 6.20 Å². The van der Waals surface area contributed by atoms with Gasteiger partial charge in [0.05, 0.1) is 29.4 Å². The average molecular weight is 434 g/mol. The highest BCUT2D eigenvalue weighted by molar-refractivity contribution is 6.09. The molecule has 0 spiro atoms. The predicted octanol–water partition coefficient (Wildman–Crippen LogP) is 3.62. The second kappa shape index (κ2) is 7.89. The molecule has 0 bridgehead atoms. The largest absolute Gasteiger partial charge is 0.348 e. The minimum absolute atomic E-state index is 0.109. The van der Waals surface area contributed by atoms with Gasteiger partial charge < -0.3 is 9.84 Å². The van der Waals surface area contributed by atoms with E-state index in [0.29, 0.717) is 34.8 Å². The molecule has 9 nitrogen and oxygen atoms in total. The Morgan fingerprint density at radius 3 is 2.81 bits per heavy atom. The molecule has 4 aromatic heterocycles. The quantitative estimate of drug-likeness (QED) is 0.477. The molecule has 0 radical (unpaired) electrons. The SMILES string of the molecule is CCn1ncc(-c2noc3nc(C4CC4)cc(C(=O)NC(C)Cn4ccc(C)n4)c23)c1C. The molecule has 1 amide bonds. The van der Waals surface area contributed by atoms with Gasteiger partial charge in [0.1, 0.15) is 5.69 Å². The van der Waals surface area contributed by atoms with Gasteiger partial charge in [-0.05, 0) is 52.7 Å². The molecule has 32 heavy (non-hydrogen) atoms. The number of hydrogen-bond donors (Lipinski definition) is 1. The number of amides is 1. The Kier molecular flexibility index (Phi) is 5.03. The van der Waals surface area contributed by atoms with Crippen LogP contribution in [0.15, 0.2) is 29.0 Å². The second-order valence-electron chi connectivity index (χ2n) is 8.59. The van der Waals surface area contributed by atoms with Crippen molar-refractivity contribution in [3.63, 3.8) is 0 Å². The Balaban J connectivity index is 1.53. The summed E-state index contributed by atoms with van der Waals surface area (Å²) in [6.45, 7) is 9.29. The highest BCUT2D eigenvalue weighted by Crippen LogP contribution is 2.41. The number of aromatic nitrogens is 6. The first-order valence-electron chi connectivity index (χ1n) is 11.1. The monoisotopic (exact) mass is 433 g/mol. The third kappa shape index (κ3) is 3.68. The molecule has 4 heterocycles. The second-order valence-corrected chi connectivity index (χ2v) is 8.59. The summed E-state index contributed by atoms with van der Waals surface area (Å²) in [4.78, 5) is 18.1. The van der Waals surface area contributed by atoms with Gasteiger partial charge in [0.15, 0.2) is 0 Å². The van der Waals surface area contributed by atoms with Crippen LogP contribution in [0, 0.1) is 13.8 Å². The predicted molar refractivity (Wildman–Crippen MR) is 119 cm³/mol. The molecule has 1 atom stereocenters. The van der Waals surface area contributed by atoms with Gasteiger partial charge in [0.25, 0.3) is 11.6 Å². The van der Waals surface area contributed by atoms with Crippen molar-refractivity contribution < 1.29 is 9.32 Å². The van der Waals surface area contributed by atoms with E-state index in [1.807, 2.05) is 55.4 Å². The number of carbonyl (C=O) groups is 1. The maximum Gasteiger partial charge on any atom is 0.259 e. The number of pyridine rings is 1. The third-order valence-corrected chi connectivity index (χ3v) is 5.98. The van der Waals surface area contributed by atoms with Crippen molar-refractivity contribution in [2.45, 2.75) is 65.6 Å². The van der Waals surface area contributed by atoms with Crippen LogP contribution in [-0.4, -0.2) is 41.7 Å². The maximum absolute atomic E-state index is 13.4. The lowest BCUT2D eigenvalue weighted by atomic mass is 10.0. The molecule has 0 saturated heterocycles. The molecule has 1 fully saturated rings. The minimum Gasteiger partial charge on any atom is -0.348 e. The van der Waals surface area contributed by atoms with E-state index in [2.05, 4.69) is 25.7 Å². The van der Waals surface area contributed by atoms with Crippen molar-refractivity contribution in [1.29, 1.82) is 0 Å². The van der Waals surface area contributed by atoms with Crippen LogP contribution in [-0.2, 0) is 13.1 Å². The summed E-state index contributed by atoms with van der Waals surface area (Å²) >= 11 is 0. The molecule has 0 aromatic carbocycles. The van der Waals surface area contributed by atoms with Gasteiger partial charge in [-0.25, -0.2) is 4.98 Å². The zero-order valence-electron chi connectivity index (χ0n) is 18.8. The molecule has 1 aliphatic carbocycles. The number of carbonyl (C=O) groups excluding carboxylic acids is 1. The summed E-state index contributed by atoms with van der Waals surface area (Å²) < 4.78 is 9.36. The van der Waals surface area contributed by atoms with Gasteiger partial charge in [0.2, 0.25) is 0 Å². The lowest BCUT2D eigenvalue weighted by Crippen LogP contribution is -2.36. The van der Waals surface area contributed by atoms with Gasteiger partial charge in [-0.3, -0.25) is 14.2 Å². The molecule has 9 heteroatoms. The molecule has 1 N–H and O–H groups in total. The fourth-order valence-corrected chi connectivity index (χ4v) is 4.11. The Labute approximate surface area is 185 Å². The first-order valence-corrected chi connectivity index (χ1v) is 11.1. The molecule has 1 unspecified atom stereocenters. The van der Waals surface area contributed by atoms with Crippen molar-refractivity contribution in [2.75, 3.05) is 0 Å². The van der Waals surface area contributed by atoms with Crippen molar-refractivity contribution in [1.82, 2.24) is 35.0 Å². The fourth-order valence-electron chi connectivity index (χ4n) is 4.11. The molecular formula is C23H27N7O2. The van der Waals surface area contributed by atoms with Gasteiger partial charge in [-0.2, -0.15) is 10.2 Å². The maximum atomic E-state index is 13.4. The van der Waals surface area contributed by atoms with Gasteiger partial charge in [-0.15, -0.1) is 0 Å². The molecular weight excluding hydrogens is 406 g/mol. The summed E-state index contributed by atoms with van der Waals surface area (Å²) in [5.74, 6) is 0.217. The van der Waals surface area contributed by atoms with Crippen molar-refractivity contribution in [3.8, 4) is 11.3 Å². The third-order valence-electron chi connectivity index (χ3n) is 5.98. The molecule has 4 aromatic rings. The normalized spacial score (nSPS) is 14.8. The van der Waals surface area contributed by atoms with E-state index < -0.39 is 0 Å². The molecule has 166 valence electrons. The number of aryl methyl sites for hydroxylation is 2. The number of rotatable bonds is 7. The number of nitrogens with one attached hydrogen (secondary N) is 1. The summed E-state index contributed by atoms with van der Waals surface area (Å²) in [6.07, 6.45) is 5.85. The Morgan fingerprint density at radius 1 is 1.34 bits per heavy atom. The van der Waals surface area contributed by atoms with E-state index >= 15 is 0 Å². The van der Waals surface area contributed by atoms with Gasteiger partial charge in [-0.1, -0.05) is 5.16 Å².